The number of fused-ring (bicyclic) bond motifs is 1. The molecule has 0 saturated carbocycles. The molecule has 0 atom stereocenters. The van der Waals surface area contributed by atoms with Gasteiger partial charge in [-0.1, -0.05) is 35.8 Å². The lowest BCUT2D eigenvalue weighted by atomic mass is 10.0. The number of rotatable bonds is 12. The van der Waals surface area contributed by atoms with Crippen molar-refractivity contribution in [3.8, 4) is 22.6 Å². The highest BCUT2D eigenvalue weighted by molar-refractivity contribution is 6.35. The zero-order valence-electron chi connectivity index (χ0n) is 25.1. The number of aromatic nitrogens is 3. The number of amides is 1. The Kier molecular flexibility index (Phi) is 10.6. The number of halogens is 2. The van der Waals surface area contributed by atoms with Gasteiger partial charge in [0.05, 0.1) is 43.2 Å². The number of morpholine rings is 1. The Morgan fingerprint density at radius 3 is 2.60 bits per heavy atom. The number of anilines is 2. The van der Waals surface area contributed by atoms with Crippen LogP contribution < -0.4 is 25.7 Å². The van der Waals surface area contributed by atoms with Gasteiger partial charge in [0.15, 0.2) is 0 Å². The first-order valence-electron chi connectivity index (χ1n) is 14.4. The standard InChI is InChI=1S/C32H34Cl2N6O5/c1-4-28(41)37-26-6-5-20(15-25(26)33)7-9-40-30-21(19-36-32(38-30)35-8-10-39-11-13-45-14-12-39)16-24(31(40)42)23-17-22(43-2)18-27(44-3)29(23)34/h4-6,15-19H,1,7-14H2,2-3H3,(H,37,41)(H,35,36,38). The van der Waals surface area contributed by atoms with Crippen molar-refractivity contribution in [3.63, 3.8) is 0 Å². The van der Waals surface area contributed by atoms with E-state index in [-0.39, 0.29) is 23.0 Å². The molecule has 5 rings (SSSR count). The maximum atomic E-state index is 14.2. The molecule has 11 nitrogen and oxygen atoms in total. The minimum absolute atomic E-state index is 0.279. The SMILES string of the molecule is C=CC(=O)Nc1ccc(CCn2c(=O)c(-c3cc(OC)cc(OC)c3Cl)cc3cnc(NCCN4CCOCC4)nc32)cc1Cl. The quantitative estimate of drug-likeness (QED) is 0.206. The third kappa shape index (κ3) is 7.56. The van der Waals surface area contributed by atoms with Crippen molar-refractivity contribution in [3.05, 3.63) is 81.2 Å². The third-order valence-electron chi connectivity index (χ3n) is 7.50. The van der Waals surface area contributed by atoms with Crippen LogP contribution in [0.2, 0.25) is 10.0 Å². The van der Waals surface area contributed by atoms with Crippen LogP contribution in [0.5, 0.6) is 11.5 Å². The number of benzene rings is 2. The van der Waals surface area contributed by atoms with E-state index in [9.17, 15) is 9.59 Å². The molecule has 1 fully saturated rings. The fraction of sp³-hybridized carbons (Fsp3) is 0.312. The average molecular weight is 654 g/mol. The second-order valence-corrected chi connectivity index (χ2v) is 11.1. The molecule has 13 heteroatoms. The molecule has 0 unspecified atom stereocenters. The molecule has 2 N–H and O–H groups in total. The number of nitrogens with zero attached hydrogens (tertiary/aromatic N) is 4. The molecule has 0 aliphatic carbocycles. The van der Waals surface area contributed by atoms with E-state index in [0.29, 0.717) is 63.3 Å². The summed E-state index contributed by atoms with van der Waals surface area (Å²) in [5.41, 5.74) is 2.32. The summed E-state index contributed by atoms with van der Waals surface area (Å²) in [5, 5.41) is 7.28. The van der Waals surface area contributed by atoms with E-state index >= 15 is 0 Å². The molecule has 0 bridgehead atoms. The van der Waals surface area contributed by atoms with E-state index in [1.807, 2.05) is 6.07 Å². The van der Waals surface area contributed by atoms with Crippen LogP contribution in [-0.4, -0.2) is 79.0 Å². The lowest BCUT2D eigenvalue weighted by molar-refractivity contribution is -0.111. The molecule has 3 heterocycles. The van der Waals surface area contributed by atoms with Crippen molar-refractivity contribution < 1.29 is 19.0 Å². The van der Waals surface area contributed by atoms with E-state index in [1.54, 1.807) is 41.1 Å². The number of hydrogen-bond acceptors (Lipinski definition) is 9. The van der Waals surface area contributed by atoms with E-state index in [4.69, 9.17) is 42.4 Å². The molecule has 1 saturated heterocycles. The summed E-state index contributed by atoms with van der Waals surface area (Å²) in [6, 6.07) is 10.4. The van der Waals surface area contributed by atoms with Gasteiger partial charge >= 0.3 is 0 Å². The predicted molar refractivity (Wildman–Crippen MR) is 177 cm³/mol. The summed E-state index contributed by atoms with van der Waals surface area (Å²) in [7, 11) is 3.04. The van der Waals surface area contributed by atoms with Gasteiger partial charge in [-0.15, -0.1) is 0 Å². The van der Waals surface area contributed by atoms with Crippen molar-refractivity contribution in [1.29, 1.82) is 0 Å². The van der Waals surface area contributed by atoms with Crippen molar-refractivity contribution in [2.45, 2.75) is 13.0 Å². The van der Waals surface area contributed by atoms with Crippen LogP contribution in [0.3, 0.4) is 0 Å². The van der Waals surface area contributed by atoms with Crippen molar-refractivity contribution in [2.75, 3.05) is 64.2 Å². The maximum Gasteiger partial charge on any atom is 0.260 e. The first-order chi connectivity index (χ1) is 21.8. The molecular formula is C32H34Cl2N6O5. The zero-order chi connectivity index (χ0) is 31.9. The first kappa shape index (κ1) is 32.2. The number of aryl methyl sites for hydroxylation is 2. The molecule has 1 amide bonds. The Bertz CT molecular complexity index is 1770. The molecule has 236 valence electrons. The summed E-state index contributed by atoms with van der Waals surface area (Å²) in [5.74, 6) is 0.933. The Morgan fingerprint density at radius 2 is 1.89 bits per heavy atom. The van der Waals surface area contributed by atoms with E-state index in [2.05, 4.69) is 27.1 Å². The zero-order valence-corrected chi connectivity index (χ0v) is 26.6. The maximum absolute atomic E-state index is 14.2. The van der Waals surface area contributed by atoms with Gasteiger partial charge < -0.3 is 24.8 Å². The Morgan fingerprint density at radius 1 is 1.09 bits per heavy atom. The highest BCUT2D eigenvalue weighted by atomic mass is 35.5. The fourth-order valence-corrected chi connectivity index (χ4v) is 5.61. The molecule has 4 aromatic rings. The first-order valence-corrected chi connectivity index (χ1v) is 15.1. The summed E-state index contributed by atoms with van der Waals surface area (Å²) in [6.07, 6.45) is 3.32. The number of nitrogens with one attached hydrogen (secondary N) is 2. The van der Waals surface area contributed by atoms with E-state index in [1.165, 1.54) is 20.3 Å². The minimum atomic E-state index is -0.360. The summed E-state index contributed by atoms with van der Waals surface area (Å²) in [4.78, 5) is 37.6. The number of ether oxygens (including phenoxy) is 3. The minimum Gasteiger partial charge on any atom is -0.497 e. The largest absolute Gasteiger partial charge is 0.497 e. The summed E-state index contributed by atoms with van der Waals surface area (Å²) in [6.45, 7) is 8.41. The molecular weight excluding hydrogens is 619 g/mol. The lowest BCUT2D eigenvalue weighted by Gasteiger charge is -2.26. The molecule has 2 aromatic heterocycles. The van der Waals surface area contributed by atoms with Gasteiger partial charge in [0.25, 0.3) is 5.56 Å². The van der Waals surface area contributed by atoms with Gasteiger partial charge in [0.2, 0.25) is 11.9 Å². The monoisotopic (exact) mass is 652 g/mol. The van der Waals surface area contributed by atoms with Crippen molar-refractivity contribution in [1.82, 2.24) is 19.4 Å². The van der Waals surface area contributed by atoms with Crippen LogP contribution in [0.15, 0.2) is 60.0 Å². The predicted octanol–water partition coefficient (Wildman–Crippen LogP) is 4.89. The van der Waals surface area contributed by atoms with Gasteiger partial charge in [0.1, 0.15) is 17.1 Å². The second kappa shape index (κ2) is 14.7. The van der Waals surface area contributed by atoms with Crippen LogP contribution in [0.1, 0.15) is 5.56 Å². The molecule has 2 aromatic carbocycles. The number of carbonyl (C=O) groups is 1. The molecule has 0 spiro atoms. The molecule has 0 radical (unpaired) electrons. The van der Waals surface area contributed by atoms with Gasteiger partial charge in [0, 0.05) is 61.5 Å². The van der Waals surface area contributed by atoms with Crippen molar-refractivity contribution >= 4 is 51.8 Å². The molecule has 1 aliphatic rings. The van der Waals surface area contributed by atoms with Gasteiger partial charge in [-0.05, 0) is 42.3 Å². The molecule has 45 heavy (non-hydrogen) atoms. The Labute approximate surface area is 270 Å². The third-order valence-corrected chi connectivity index (χ3v) is 8.20. The van der Waals surface area contributed by atoms with Crippen LogP contribution >= 0.6 is 23.2 Å². The smallest absolute Gasteiger partial charge is 0.260 e. The van der Waals surface area contributed by atoms with E-state index in [0.717, 1.165) is 38.4 Å². The lowest BCUT2D eigenvalue weighted by Crippen LogP contribution is -2.39. The van der Waals surface area contributed by atoms with Crippen molar-refractivity contribution in [2.24, 2.45) is 0 Å². The summed E-state index contributed by atoms with van der Waals surface area (Å²) < 4.78 is 17.9. The number of carbonyl (C=O) groups excluding carboxylic acids is 1. The van der Waals surface area contributed by atoms with Crippen LogP contribution in [0.4, 0.5) is 11.6 Å². The normalized spacial score (nSPS) is 13.4. The topological polar surface area (TPSA) is 120 Å². The highest BCUT2D eigenvalue weighted by Gasteiger charge is 2.19. The molecule has 1 aliphatic heterocycles. The highest BCUT2D eigenvalue weighted by Crippen LogP contribution is 2.38. The average Bonchev–Trinajstić information content (AvgIpc) is 3.06. The Balaban J connectivity index is 1.51. The van der Waals surface area contributed by atoms with Crippen LogP contribution in [0.25, 0.3) is 22.2 Å². The van der Waals surface area contributed by atoms with Gasteiger partial charge in [-0.2, -0.15) is 4.98 Å². The van der Waals surface area contributed by atoms with Gasteiger partial charge in [-0.3, -0.25) is 19.1 Å². The van der Waals surface area contributed by atoms with Crippen LogP contribution in [0, 0.1) is 0 Å². The number of pyridine rings is 1. The van der Waals surface area contributed by atoms with E-state index < -0.39 is 0 Å². The summed E-state index contributed by atoms with van der Waals surface area (Å²) >= 11 is 13.2. The number of hydrogen-bond donors (Lipinski definition) is 2. The van der Waals surface area contributed by atoms with Crippen LogP contribution in [-0.2, 0) is 22.5 Å². The second-order valence-electron chi connectivity index (χ2n) is 10.3. The van der Waals surface area contributed by atoms with Gasteiger partial charge in [-0.25, -0.2) is 4.98 Å². The fourth-order valence-electron chi connectivity index (χ4n) is 5.07. The Hall–Kier alpha value is -4.16. The number of methoxy groups -OCH3 is 2.